The van der Waals surface area contributed by atoms with Crippen molar-refractivity contribution >= 4 is 5.97 Å². The molecule has 0 aromatic carbocycles. The van der Waals surface area contributed by atoms with Crippen molar-refractivity contribution in [3.05, 3.63) is 0 Å². The molecule has 0 radical (unpaired) electrons. The first-order valence-corrected chi connectivity index (χ1v) is 5.70. The molecule has 4 heteroatoms. The van der Waals surface area contributed by atoms with Gasteiger partial charge in [0.25, 0.3) is 0 Å². The van der Waals surface area contributed by atoms with Crippen LogP contribution in [0.3, 0.4) is 0 Å². The number of hydrogen-bond donors (Lipinski definition) is 1. The highest BCUT2D eigenvalue weighted by atomic mass is 16.5. The summed E-state index contributed by atoms with van der Waals surface area (Å²) in [5.41, 5.74) is 0. The van der Waals surface area contributed by atoms with E-state index in [0.717, 1.165) is 19.6 Å². The fraction of sp³-hybridized carbons (Fsp3) is 0.909. The molecule has 4 nitrogen and oxygen atoms in total. The smallest absolute Gasteiger partial charge is 0.319 e. The van der Waals surface area contributed by atoms with E-state index < -0.39 is 0 Å². The van der Waals surface area contributed by atoms with Crippen LogP contribution in [-0.4, -0.2) is 38.4 Å². The second-order valence-electron chi connectivity index (χ2n) is 3.95. The molecule has 0 amide bonds. The summed E-state index contributed by atoms with van der Waals surface area (Å²) >= 11 is 0. The third-order valence-electron chi connectivity index (χ3n) is 2.78. The molecule has 1 saturated heterocycles. The average Bonchev–Trinajstić information content (AvgIpc) is 2.27. The van der Waals surface area contributed by atoms with Gasteiger partial charge in [-0.2, -0.15) is 0 Å². The molecule has 0 unspecified atom stereocenters. The van der Waals surface area contributed by atoms with Crippen LogP contribution < -0.4 is 5.32 Å². The van der Waals surface area contributed by atoms with Gasteiger partial charge in [0.2, 0.25) is 0 Å². The summed E-state index contributed by atoms with van der Waals surface area (Å²) in [6.07, 6.45) is 2.30. The number of hydrogen-bond acceptors (Lipinski definition) is 4. The lowest BCUT2D eigenvalue weighted by atomic mass is 9.95. The molecular formula is C11H21NO3. The largest absolute Gasteiger partial charge is 0.465 e. The molecule has 1 fully saturated rings. The SMILES string of the molecule is CCOC(=O)CN[C@H](C)[C@@H]1CCCOC1. The fourth-order valence-electron chi connectivity index (χ4n) is 1.78. The first-order chi connectivity index (χ1) is 7.24. The van der Waals surface area contributed by atoms with Gasteiger partial charge in [-0.1, -0.05) is 0 Å². The van der Waals surface area contributed by atoms with Crippen LogP contribution in [0, 0.1) is 5.92 Å². The van der Waals surface area contributed by atoms with Gasteiger partial charge in [-0.25, -0.2) is 0 Å². The van der Waals surface area contributed by atoms with Gasteiger partial charge in [-0.15, -0.1) is 0 Å². The Kier molecular flexibility index (Phi) is 5.65. The van der Waals surface area contributed by atoms with Crippen LogP contribution in [0.1, 0.15) is 26.7 Å². The average molecular weight is 215 g/mol. The summed E-state index contributed by atoms with van der Waals surface area (Å²) < 4.78 is 10.2. The Bertz CT molecular complexity index is 190. The highest BCUT2D eigenvalue weighted by Gasteiger charge is 2.20. The van der Waals surface area contributed by atoms with E-state index in [2.05, 4.69) is 12.2 Å². The van der Waals surface area contributed by atoms with Gasteiger partial charge in [0.1, 0.15) is 0 Å². The molecule has 0 aromatic heterocycles. The predicted molar refractivity (Wildman–Crippen MR) is 57.6 cm³/mol. The normalized spacial score (nSPS) is 23.5. The van der Waals surface area contributed by atoms with Crippen LogP contribution >= 0.6 is 0 Å². The van der Waals surface area contributed by atoms with E-state index in [0.29, 0.717) is 25.1 Å². The zero-order valence-corrected chi connectivity index (χ0v) is 9.62. The quantitative estimate of drug-likeness (QED) is 0.694. The Morgan fingerprint density at radius 2 is 2.47 bits per heavy atom. The van der Waals surface area contributed by atoms with Crippen molar-refractivity contribution in [1.82, 2.24) is 5.32 Å². The van der Waals surface area contributed by atoms with Crippen LogP contribution in [-0.2, 0) is 14.3 Å². The first kappa shape index (κ1) is 12.5. The molecule has 0 aliphatic carbocycles. The zero-order valence-electron chi connectivity index (χ0n) is 9.62. The number of carbonyl (C=O) groups excluding carboxylic acids is 1. The van der Waals surface area contributed by atoms with Gasteiger partial charge in [0.15, 0.2) is 0 Å². The van der Waals surface area contributed by atoms with Gasteiger partial charge >= 0.3 is 5.97 Å². The Hall–Kier alpha value is -0.610. The first-order valence-electron chi connectivity index (χ1n) is 5.70. The Balaban J connectivity index is 2.16. The van der Waals surface area contributed by atoms with Crippen molar-refractivity contribution in [2.75, 3.05) is 26.4 Å². The molecule has 88 valence electrons. The summed E-state index contributed by atoms with van der Waals surface area (Å²) in [4.78, 5) is 11.1. The lowest BCUT2D eigenvalue weighted by Gasteiger charge is -2.28. The molecule has 1 heterocycles. The molecule has 1 aliphatic heterocycles. The van der Waals surface area contributed by atoms with Gasteiger partial charge < -0.3 is 14.8 Å². The highest BCUT2D eigenvalue weighted by molar-refractivity contribution is 5.71. The van der Waals surface area contributed by atoms with Gasteiger partial charge in [-0.05, 0) is 32.6 Å². The Labute approximate surface area is 91.3 Å². The van der Waals surface area contributed by atoms with Crippen LogP contribution in [0.2, 0.25) is 0 Å². The van der Waals surface area contributed by atoms with Crippen LogP contribution in [0.5, 0.6) is 0 Å². The second kappa shape index (κ2) is 6.80. The number of carbonyl (C=O) groups is 1. The van der Waals surface area contributed by atoms with Crippen molar-refractivity contribution in [2.45, 2.75) is 32.7 Å². The molecule has 0 spiro atoms. The minimum absolute atomic E-state index is 0.180. The third-order valence-corrected chi connectivity index (χ3v) is 2.78. The van der Waals surface area contributed by atoms with E-state index in [1.54, 1.807) is 0 Å². The lowest BCUT2D eigenvalue weighted by molar-refractivity contribution is -0.142. The second-order valence-corrected chi connectivity index (χ2v) is 3.95. The highest BCUT2D eigenvalue weighted by Crippen LogP contribution is 2.16. The standard InChI is InChI=1S/C11H21NO3/c1-3-15-11(13)7-12-9(2)10-5-4-6-14-8-10/h9-10,12H,3-8H2,1-2H3/t9-,10-/m1/s1. The fourth-order valence-corrected chi connectivity index (χ4v) is 1.78. The van der Waals surface area contributed by atoms with Crippen molar-refractivity contribution in [3.63, 3.8) is 0 Å². The van der Waals surface area contributed by atoms with Crippen LogP contribution in [0.4, 0.5) is 0 Å². The molecule has 0 aromatic rings. The Morgan fingerprint density at radius 1 is 1.67 bits per heavy atom. The summed E-state index contributed by atoms with van der Waals surface area (Å²) in [6, 6.07) is 0.315. The van der Waals surface area contributed by atoms with Gasteiger partial charge in [0.05, 0.1) is 19.8 Å². The molecular weight excluding hydrogens is 194 g/mol. The summed E-state index contributed by atoms with van der Waals surface area (Å²) in [5.74, 6) is 0.342. The molecule has 2 atom stereocenters. The monoisotopic (exact) mass is 215 g/mol. The molecule has 1 rings (SSSR count). The minimum Gasteiger partial charge on any atom is -0.465 e. The molecule has 0 saturated carbocycles. The van der Waals surface area contributed by atoms with E-state index in [1.165, 1.54) is 6.42 Å². The number of nitrogens with one attached hydrogen (secondary N) is 1. The zero-order chi connectivity index (χ0) is 11.1. The maximum atomic E-state index is 11.1. The van der Waals surface area contributed by atoms with Crippen LogP contribution in [0.15, 0.2) is 0 Å². The summed E-state index contributed by atoms with van der Waals surface area (Å²) in [7, 11) is 0. The van der Waals surface area contributed by atoms with Gasteiger partial charge in [-0.3, -0.25) is 4.79 Å². The maximum Gasteiger partial charge on any atom is 0.319 e. The summed E-state index contributed by atoms with van der Waals surface area (Å²) in [5, 5.41) is 3.18. The predicted octanol–water partition coefficient (Wildman–Crippen LogP) is 0.954. The molecule has 1 aliphatic rings. The van der Waals surface area contributed by atoms with Crippen molar-refractivity contribution in [2.24, 2.45) is 5.92 Å². The van der Waals surface area contributed by atoms with E-state index >= 15 is 0 Å². The number of ether oxygens (including phenoxy) is 2. The Morgan fingerprint density at radius 3 is 3.07 bits per heavy atom. The molecule has 0 bridgehead atoms. The number of rotatable bonds is 5. The maximum absolute atomic E-state index is 11.1. The molecule has 15 heavy (non-hydrogen) atoms. The van der Waals surface area contributed by atoms with Crippen molar-refractivity contribution in [1.29, 1.82) is 0 Å². The van der Waals surface area contributed by atoms with E-state index in [1.807, 2.05) is 6.92 Å². The molecule has 1 N–H and O–H groups in total. The lowest BCUT2D eigenvalue weighted by Crippen LogP contribution is -2.40. The van der Waals surface area contributed by atoms with Crippen molar-refractivity contribution < 1.29 is 14.3 Å². The van der Waals surface area contributed by atoms with Crippen molar-refractivity contribution in [3.8, 4) is 0 Å². The van der Waals surface area contributed by atoms with Crippen LogP contribution in [0.25, 0.3) is 0 Å². The third kappa shape index (κ3) is 4.62. The number of esters is 1. The van der Waals surface area contributed by atoms with E-state index in [4.69, 9.17) is 9.47 Å². The van der Waals surface area contributed by atoms with Gasteiger partial charge in [0, 0.05) is 12.6 Å². The minimum atomic E-state index is -0.180. The van der Waals surface area contributed by atoms with E-state index in [9.17, 15) is 4.79 Å². The summed E-state index contributed by atoms with van der Waals surface area (Å²) in [6.45, 7) is 6.33. The van der Waals surface area contributed by atoms with E-state index in [-0.39, 0.29) is 5.97 Å². The topological polar surface area (TPSA) is 47.6 Å².